The second kappa shape index (κ2) is 21.2. The molecule has 0 aromatic carbocycles. The summed E-state index contributed by atoms with van der Waals surface area (Å²) in [4.78, 5) is 11.7. The van der Waals surface area contributed by atoms with E-state index in [0.717, 1.165) is 24.7 Å². The summed E-state index contributed by atoms with van der Waals surface area (Å²) in [6.07, 6.45) is 22.7. The standard InChI is InChI=1S/C26H52O2/c1-24(2)20-16-12-8-6-5-7-11-15-19-23-28-26(27)22-18-14-10-9-13-17-21-25(3)4/h24-25H,5-23H2,1-4H3. The van der Waals surface area contributed by atoms with E-state index in [2.05, 4.69) is 27.7 Å². The zero-order valence-electron chi connectivity index (χ0n) is 19.9. The predicted molar refractivity (Wildman–Crippen MR) is 124 cm³/mol. The maximum Gasteiger partial charge on any atom is 0.305 e. The molecule has 0 atom stereocenters. The summed E-state index contributed by atoms with van der Waals surface area (Å²) in [7, 11) is 0. The Hall–Kier alpha value is -0.530. The molecule has 0 aliphatic rings. The van der Waals surface area contributed by atoms with Gasteiger partial charge in [0.05, 0.1) is 6.61 Å². The molecule has 0 rings (SSSR count). The molecule has 0 aromatic rings. The minimum atomic E-state index is 0.0150. The highest BCUT2D eigenvalue weighted by Gasteiger charge is 2.03. The van der Waals surface area contributed by atoms with Gasteiger partial charge in [-0.25, -0.2) is 0 Å². The maximum atomic E-state index is 11.7. The van der Waals surface area contributed by atoms with Crippen molar-refractivity contribution in [1.82, 2.24) is 0 Å². The molecule has 0 N–H and O–H groups in total. The van der Waals surface area contributed by atoms with Crippen LogP contribution in [0.2, 0.25) is 0 Å². The van der Waals surface area contributed by atoms with Crippen LogP contribution in [0.3, 0.4) is 0 Å². The number of unbranched alkanes of at least 4 members (excludes halogenated alkanes) is 13. The summed E-state index contributed by atoms with van der Waals surface area (Å²) in [5.74, 6) is 1.71. The van der Waals surface area contributed by atoms with Gasteiger partial charge in [-0.2, -0.15) is 0 Å². The number of carbonyl (C=O) groups is 1. The van der Waals surface area contributed by atoms with E-state index in [1.165, 1.54) is 96.3 Å². The Kier molecular flexibility index (Phi) is 20.8. The average molecular weight is 397 g/mol. The third-order valence-corrected chi connectivity index (χ3v) is 5.60. The third kappa shape index (κ3) is 23.5. The SMILES string of the molecule is CC(C)CCCCCCCCCCCOC(=O)CCCCCCCCC(C)C. The highest BCUT2D eigenvalue weighted by molar-refractivity contribution is 5.69. The molecule has 2 heteroatoms. The molecule has 0 amide bonds. The van der Waals surface area contributed by atoms with Crippen LogP contribution in [0.4, 0.5) is 0 Å². The second-order valence-corrected chi connectivity index (χ2v) is 9.64. The van der Waals surface area contributed by atoms with E-state index in [-0.39, 0.29) is 5.97 Å². The minimum absolute atomic E-state index is 0.0150. The first-order valence-corrected chi connectivity index (χ1v) is 12.7. The predicted octanol–water partition coefficient (Wildman–Crippen LogP) is 8.86. The molecule has 0 aliphatic carbocycles. The van der Waals surface area contributed by atoms with Crippen molar-refractivity contribution in [2.75, 3.05) is 6.61 Å². The molecule has 0 fully saturated rings. The quantitative estimate of drug-likeness (QED) is 0.143. The molecule has 0 aromatic heterocycles. The lowest BCUT2D eigenvalue weighted by molar-refractivity contribution is -0.143. The summed E-state index contributed by atoms with van der Waals surface area (Å²) in [5, 5.41) is 0. The van der Waals surface area contributed by atoms with Gasteiger partial charge < -0.3 is 4.74 Å². The van der Waals surface area contributed by atoms with Gasteiger partial charge in [0.25, 0.3) is 0 Å². The molecule has 0 aliphatic heterocycles. The van der Waals surface area contributed by atoms with Gasteiger partial charge >= 0.3 is 5.97 Å². The lowest BCUT2D eigenvalue weighted by Gasteiger charge is -2.06. The number of ether oxygens (including phenoxy) is 1. The summed E-state index contributed by atoms with van der Waals surface area (Å²) < 4.78 is 5.37. The van der Waals surface area contributed by atoms with Crippen molar-refractivity contribution in [3.8, 4) is 0 Å². The lowest BCUT2D eigenvalue weighted by Crippen LogP contribution is -2.05. The first-order valence-electron chi connectivity index (χ1n) is 12.7. The molecule has 0 saturated heterocycles. The van der Waals surface area contributed by atoms with Gasteiger partial charge in [0.15, 0.2) is 0 Å². The fourth-order valence-corrected chi connectivity index (χ4v) is 3.68. The van der Waals surface area contributed by atoms with Gasteiger partial charge in [0.1, 0.15) is 0 Å². The van der Waals surface area contributed by atoms with E-state index in [0.29, 0.717) is 13.0 Å². The van der Waals surface area contributed by atoms with E-state index < -0.39 is 0 Å². The Morgan fingerprint density at radius 3 is 1.32 bits per heavy atom. The number of hydrogen-bond acceptors (Lipinski definition) is 2. The smallest absolute Gasteiger partial charge is 0.305 e. The maximum absolute atomic E-state index is 11.7. The van der Waals surface area contributed by atoms with Crippen LogP contribution in [0.25, 0.3) is 0 Å². The lowest BCUT2D eigenvalue weighted by atomic mass is 10.0. The molecule has 168 valence electrons. The Bertz CT molecular complexity index is 322. The van der Waals surface area contributed by atoms with Crippen LogP contribution in [0.1, 0.15) is 143 Å². The summed E-state index contributed by atoms with van der Waals surface area (Å²) in [5.41, 5.74) is 0. The minimum Gasteiger partial charge on any atom is -0.466 e. The summed E-state index contributed by atoms with van der Waals surface area (Å²) in [6, 6.07) is 0. The highest BCUT2D eigenvalue weighted by atomic mass is 16.5. The van der Waals surface area contributed by atoms with E-state index in [9.17, 15) is 4.79 Å². The van der Waals surface area contributed by atoms with Gasteiger partial charge in [-0.05, 0) is 24.7 Å². The van der Waals surface area contributed by atoms with Gasteiger partial charge in [0, 0.05) is 6.42 Å². The molecule has 2 nitrogen and oxygen atoms in total. The fraction of sp³-hybridized carbons (Fsp3) is 0.962. The van der Waals surface area contributed by atoms with Crippen LogP contribution in [0, 0.1) is 11.8 Å². The van der Waals surface area contributed by atoms with Crippen molar-refractivity contribution in [3.05, 3.63) is 0 Å². The number of hydrogen-bond donors (Lipinski definition) is 0. The molecule has 0 spiro atoms. The molecule has 28 heavy (non-hydrogen) atoms. The van der Waals surface area contributed by atoms with Crippen molar-refractivity contribution >= 4 is 5.97 Å². The summed E-state index contributed by atoms with van der Waals surface area (Å²) in [6.45, 7) is 9.84. The van der Waals surface area contributed by atoms with Crippen molar-refractivity contribution in [2.45, 2.75) is 143 Å². The molecule has 0 bridgehead atoms. The topological polar surface area (TPSA) is 26.3 Å². The first-order chi connectivity index (χ1) is 13.5. The van der Waals surface area contributed by atoms with Crippen molar-refractivity contribution < 1.29 is 9.53 Å². The Morgan fingerprint density at radius 2 is 0.893 bits per heavy atom. The Morgan fingerprint density at radius 1 is 0.536 bits per heavy atom. The Labute approximate surface area is 177 Å². The van der Waals surface area contributed by atoms with Crippen molar-refractivity contribution in [3.63, 3.8) is 0 Å². The fourth-order valence-electron chi connectivity index (χ4n) is 3.68. The van der Waals surface area contributed by atoms with Gasteiger partial charge in [-0.1, -0.05) is 124 Å². The molecule has 0 radical (unpaired) electrons. The summed E-state index contributed by atoms with van der Waals surface area (Å²) >= 11 is 0. The number of esters is 1. The molecule has 0 heterocycles. The van der Waals surface area contributed by atoms with E-state index in [1.807, 2.05) is 0 Å². The van der Waals surface area contributed by atoms with Gasteiger partial charge in [0.2, 0.25) is 0 Å². The molecular formula is C26H52O2. The zero-order chi connectivity index (χ0) is 20.9. The molecular weight excluding hydrogens is 344 g/mol. The first kappa shape index (κ1) is 27.5. The molecule has 0 unspecified atom stereocenters. The van der Waals surface area contributed by atoms with E-state index in [1.54, 1.807) is 0 Å². The van der Waals surface area contributed by atoms with Crippen LogP contribution in [0.5, 0.6) is 0 Å². The van der Waals surface area contributed by atoms with Crippen LogP contribution in [-0.4, -0.2) is 12.6 Å². The largest absolute Gasteiger partial charge is 0.466 e. The number of rotatable bonds is 21. The van der Waals surface area contributed by atoms with E-state index in [4.69, 9.17) is 4.74 Å². The van der Waals surface area contributed by atoms with Crippen LogP contribution < -0.4 is 0 Å². The van der Waals surface area contributed by atoms with Crippen LogP contribution in [-0.2, 0) is 9.53 Å². The zero-order valence-corrected chi connectivity index (χ0v) is 19.9. The van der Waals surface area contributed by atoms with E-state index >= 15 is 0 Å². The van der Waals surface area contributed by atoms with Gasteiger partial charge in [-0.15, -0.1) is 0 Å². The third-order valence-electron chi connectivity index (χ3n) is 5.60. The van der Waals surface area contributed by atoms with Crippen LogP contribution in [0.15, 0.2) is 0 Å². The highest BCUT2D eigenvalue weighted by Crippen LogP contribution is 2.14. The monoisotopic (exact) mass is 396 g/mol. The number of carbonyl (C=O) groups excluding carboxylic acids is 1. The van der Waals surface area contributed by atoms with Crippen LogP contribution >= 0.6 is 0 Å². The van der Waals surface area contributed by atoms with Crippen molar-refractivity contribution in [1.29, 1.82) is 0 Å². The second-order valence-electron chi connectivity index (χ2n) is 9.64. The molecule has 0 saturated carbocycles. The Balaban J connectivity index is 3.17. The average Bonchev–Trinajstić information content (AvgIpc) is 2.64. The normalized spacial score (nSPS) is 11.5. The van der Waals surface area contributed by atoms with Crippen molar-refractivity contribution in [2.24, 2.45) is 11.8 Å². The van der Waals surface area contributed by atoms with Gasteiger partial charge in [-0.3, -0.25) is 4.79 Å².